The Balaban J connectivity index is 1.65. The minimum atomic E-state index is -0.0697. The van der Waals surface area contributed by atoms with Crippen LogP contribution in [0.5, 0.6) is 0 Å². The SMILES string of the molecule is NCCC[C@@H](N)N(Cc1nc2ccccc2[nH]1)C1CCCc2cccnc21. The molecule has 2 atom stereocenters. The summed E-state index contributed by atoms with van der Waals surface area (Å²) in [6, 6.07) is 12.6. The zero-order chi connectivity index (χ0) is 18.6. The van der Waals surface area contributed by atoms with Crippen molar-refractivity contribution in [1.29, 1.82) is 0 Å². The largest absolute Gasteiger partial charge is 0.341 e. The lowest BCUT2D eigenvalue weighted by Crippen LogP contribution is -2.45. The molecule has 142 valence electrons. The van der Waals surface area contributed by atoms with E-state index in [-0.39, 0.29) is 12.2 Å². The molecule has 3 aromatic rings. The van der Waals surface area contributed by atoms with E-state index in [0.29, 0.717) is 13.1 Å². The van der Waals surface area contributed by atoms with Gasteiger partial charge in [0.1, 0.15) is 5.82 Å². The number of aromatic amines is 1. The first-order valence-corrected chi connectivity index (χ1v) is 9.85. The molecule has 1 aromatic carbocycles. The minimum Gasteiger partial charge on any atom is -0.341 e. The maximum atomic E-state index is 6.64. The van der Waals surface area contributed by atoms with Crippen molar-refractivity contribution in [1.82, 2.24) is 19.9 Å². The number of fused-ring (bicyclic) bond motifs is 2. The van der Waals surface area contributed by atoms with E-state index < -0.39 is 0 Å². The van der Waals surface area contributed by atoms with Gasteiger partial charge in [-0.15, -0.1) is 0 Å². The fraction of sp³-hybridized carbons (Fsp3) is 0.429. The smallest absolute Gasteiger partial charge is 0.121 e. The highest BCUT2D eigenvalue weighted by atomic mass is 15.3. The summed E-state index contributed by atoms with van der Waals surface area (Å²) in [6.07, 6.45) is 6.93. The molecule has 0 radical (unpaired) electrons. The number of nitrogens with two attached hydrogens (primary N) is 2. The maximum absolute atomic E-state index is 6.64. The summed E-state index contributed by atoms with van der Waals surface area (Å²) in [7, 11) is 0. The molecule has 4 rings (SSSR count). The Morgan fingerprint density at radius 3 is 2.96 bits per heavy atom. The van der Waals surface area contributed by atoms with Crippen molar-refractivity contribution in [2.45, 2.75) is 50.9 Å². The van der Waals surface area contributed by atoms with Crippen LogP contribution in [0.25, 0.3) is 11.0 Å². The first kappa shape index (κ1) is 18.1. The molecule has 6 heteroatoms. The molecular formula is C21H28N6. The van der Waals surface area contributed by atoms with Gasteiger partial charge in [0.15, 0.2) is 0 Å². The van der Waals surface area contributed by atoms with Gasteiger partial charge in [-0.3, -0.25) is 9.88 Å². The first-order valence-electron chi connectivity index (χ1n) is 9.85. The zero-order valence-corrected chi connectivity index (χ0v) is 15.6. The summed E-state index contributed by atoms with van der Waals surface area (Å²) >= 11 is 0. The highest BCUT2D eigenvalue weighted by Gasteiger charge is 2.31. The van der Waals surface area contributed by atoms with Crippen LogP contribution in [0.1, 0.15) is 48.8 Å². The van der Waals surface area contributed by atoms with Crippen molar-refractivity contribution >= 4 is 11.0 Å². The molecule has 0 amide bonds. The van der Waals surface area contributed by atoms with E-state index >= 15 is 0 Å². The molecule has 6 nitrogen and oxygen atoms in total. The number of aryl methyl sites for hydroxylation is 1. The minimum absolute atomic E-state index is 0.0697. The summed E-state index contributed by atoms with van der Waals surface area (Å²) in [6.45, 7) is 1.34. The second-order valence-electron chi connectivity index (χ2n) is 7.33. The van der Waals surface area contributed by atoms with Gasteiger partial charge in [-0.1, -0.05) is 18.2 Å². The molecule has 1 aliphatic rings. The van der Waals surface area contributed by atoms with Crippen LogP contribution in [0, 0.1) is 0 Å². The number of nitrogens with one attached hydrogen (secondary N) is 1. The number of aromatic nitrogens is 3. The summed E-state index contributed by atoms with van der Waals surface area (Å²) < 4.78 is 0. The predicted octanol–water partition coefficient (Wildman–Crippen LogP) is 2.86. The number of imidazole rings is 1. The molecule has 2 heterocycles. The number of pyridine rings is 1. The lowest BCUT2D eigenvalue weighted by atomic mass is 9.90. The van der Waals surface area contributed by atoms with Crippen molar-refractivity contribution in [3.05, 3.63) is 59.7 Å². The normalized spacial score (nSPS) is 18.0. The summed E-state index contributed by atoms with van der Waals surface area (Å²) in [5, 5.41) is 0. The van der Waals surface area contributed by atoms with Crippen LogP contribution in [0.2, 0.25) is 0 Å². The fourth-order valence-electron chi connectivity index (χ4n) is 4.11. The van der Waals surface area contributed by atoms with Gasteiger partial charge >= 0.3 is 0 Å². The van der Waals surface area contributed by atoms with E-state index in [1.807, 2.05) is 30.5 Å². The third-order valence-electron chi connectivity index (χ3n) is 5.47. The molecular weight excluding hydrogens is 336 g/mol. The maximum Gasteiger partial charge on any atom is 0.121 e. The number of hydrogen-bond donors (Lipinski definition) is 3. The molecule has 0 saturated heterocycles. The Morgan fingerprint density at radius 1 is 1.22 bits per heavy atom. The third kappa shape index (κ3) is 3.88. The van der Waals surface area contributed by atoms with Gasteiger partial charge in [0.2, 0.25) is 0 Å². The van der Waals surface area contributed by atoms with Crippen LogP contribution in [-0.4, -0.2) is 32.6 Å². The second-order valence-corrected chi connectivity index (χ2v) is 7.33. The molecule has 1 unspecified atom stereocenters. The van der Waals surface area contributed by atoms with E-state index in [2.05, 4.69) is 22.0 Å². The Morgan fingerprint density at radius 2 is 2.11 bits per heavy atom. The van der Waals surface area contributed by atoms with E-state index in [1.165, 1.54) is 11.3 Å². The lowest BCUT2D eigenvalue weighted by molar-refractivity contribution is 0.1000. The molecule has 0 aliphatic heterocycles. The quantitative estimate of drug-likeness (QED) is 0.560. The third-order valence-corrected chi connectivity index (χ3v) is 5.47. The molecule has 0 saturated carbocycles. The molecule has 0 bridgehead atoms. The van der Waals surface area contributed by atoms with Crippen molar-refractivity contribution in [3.8, 4) is 0 Å². The van der Waals surface area contributed by atoms with E-state index in [0.717, 1.165) is 49.0 Å². The van der Waals surface area contributed by atoms with E-state index in [9.17, 15) is 0 Å². The average molecular weight is 364 g/mol. The van der Waals surface area contributed by atoms with Gasteiger partial charge < -0.3 is 16.5 Å². The van der Waals surface area contributed by atoms with Crippen LogP contribution in [0.3, 0.4) is 0 Å². The molecule has 5 N–H and O–H groups in total. The molecule has 0 spiro atoms. The van der Waals surface area contributed by atoms with Crippen molar-refractivity contribution in [2.24, 2.45) is 11.5 Å². The molecule has 1 aliphatic carbocycles. The molecule has 27 heavy (non-hydrogen) atoms. The number of para-hydroxylation sites is 2. The van der Waals surface area contributed by atoms with Crippen LogP contribution < -0.4 is 11.5 Å². The van der Waals surface area contributed by atoms with Gasteiger partial charge in [0, 0.05) is 6.20 Å². The van der Waals surface area contributed by atoms with E-state index in [4.69, 9.17) is 21.4 Å². The van der Waals surface area contributed by atoms with Crippen molar-refractivity contribution < 1.29 is 0 Å². The Hall–Kier alpha value is -2.28. The lowest BCUT2D eigenvalue weighted by Gasteiger charge is -2.38. The number of nitrogens with zero attached hydrogens (tertiary/aromatic N) is 3. The fourth-order valence-corrected chi connectivity index (χ4v) is 4.11. The van der Waals surface area contributed by atoms with Crippen LogP contribution in [0.4, 0.5) is 0 Å². The van der Waals surface area contributed by atoms with Gasteiger partial charge in [-0.25, -0.2) is 4.98 Å². The summed E-state index contributed by atoms with van der Waals surface area (Å²) in [5.74, 6) is 0.947. The highest BCUT2D eigenvalue weighted by Crippen LogP contribution is 2.34. The Kier molecular flexibility index (Phi) is 5.48. The standard InChI is InChI=1S/C21H28N6/c22-12-4-11-19(23)27(14-20-25-16-8-1-2-9-17(16)26-20)18-10-3-6-15-7-5-13-24-21(15)18/h1-2,5,7-9,13,18-19H,3-4,6,10-12,14,22-23H2,(H,25,26)/t18?,19-/m0/s1. The zero-order valence-electron chi connectivity index (χ0n) is 15.6. The van der Waals surface area contributed by atoms with Crippen LogP contribution in [0.15, 0.2) is 42.6 Å². The van der Waals surface area contributed by atoms with Gasteiger partial charge in [-0.05, 0) is 62.4 Å². The Bertz CT molecular complexity index is 856. The first-order chi connectivity index (χ1) is 13.3. The number of hydrogen-bond acceptors (Lipinski definition) is 5. The second kappa shape index (κ2) is 8.17. The van der Waals surface area contributed by atoms with E-state index in [1.54, 1.807) is 0 Å². The molecule has 2 aromatic heterocycles. The topological polar surface area (TPSA) is 96.9 Å². The average Bonchev–Trinajstić information content (AvgIpc) is 3.12. The highest BCUT2D eigenvalue weighted by molar-refractivity contribution is 5.74. The van der Waals surface area contributed by atoms with Crippen molar-refractivity contribution in [3.63, 3.8) is 0 Å². The monoisotopic (exact) mass is 364 g/mol. The predicted molar refractivity (Wildman–Crippen MR) is 108 cm³/mol. The number of benzene rings is 1. The summed E-state index contributed by atoms with van der Waals surface area (Å²) in [4.78, 5) is 15.3. The molecule has 0 fully saturated rings. The Labute approximate surface area is 160 Å². The van der Waals surface area contributed by atoms with Gasteiger partial charge in [0.05, 0.1) is 35.5 Å². The van der Waals surface area contributed by atoms with Crippen LogP contribution >= 0.6 is 0 Å². The van der Waals surface area contributed by atoms with Crippen molar-refractivity contribution in [2.75, 3.05) is 6.54 Å². The number of rotatable bonds is 7. The summed E-state index contributed by atoms with van der Waals surface area (Å²) in [5.41, 5.74) is 16.9. The number of H-pyrrole nitrogens is 1. The van der Waals surface area contributed by atoms with Gasteiger partial charge in [-0.2, -0.15) is 0 Å². The van der Waals surface area contributed by atoms with Gasteiger partial charge in [0.25, 0.3) is 0 Å². The van der Waals surface area contributed by atoms with Crippen LogP contribution in [-0.2, 0) is 13.0 Å².